The number of fused-ring (bicyclic) bond motifs is 1. The van der Waals surface area contributed by atoms with Crippen molar-refractivity contribution in [2.24, 2.45) is 0 Å². The molecule has 0 aliphatic carbocycles. The standard InChI is InChI=1S/C19H21NO3S/c1-24-10-9-20-19(21)12-16(14-5-3-2-4-6-14)15-7-8-17-18(11-15)23-13-22-17/h2-8,11,16H,9-10,12-13H2,1H3,(H,20,21). The number of ether oxygens (including phenoxy) is 2. The lowest BCUT2D eigenvalue weighted by molar-refractivity contribution is -0.121. The lowest BCUT2D eigenvalue weighted by Gasteiger charge is -2.18. The van der Waals surface area contributed by atoms with Crippen LogP contribution in [0.2, 0.25) is 0 Å². The van der Waals surface area contributed by atoms with Crippen LogP contribution in [0, 0.1) is 0 Å². The highest BCUT2D eigenvalue weighted by Gasteiger charge is 2.21. The molecule has 24 heavy (non-hydrogen) atoms. The molecule has 5 heteroatoms. The summed E-state index contributed by atoms with van der Waals surface area (Å²) in [6.07, 6.45) is 2.45. The number of carbonyl (C=O) groups excluding carboxylic acids is 1. The average Bonchev–Trinajstić information content (AvgIpc) is 3.08. The Morgan fingerprint density at radius 3 is 2.71 bits per heavy atom. The summed E-state index contributed by atoms with van der Waals surface area (Å²) < 4.78 is 10.9. The highest BCUT2D eigenvalue weighted by molar-refractivity contribution is 7.98. The highest BCUT2D eigenvalue weighted by Crippen LogP contribution is 2.37. The summed E-state index contributed by atoms with van der Waals surface area (Å²) in [6, 6.07) is 16.0. The number of benzene rings is 2. The molecule has 3 rings (SSSR count). The quantitative estimate of drug-likeness (QED) is 0.783. The Hall–Kier alpha value is -2.14. The summed E-state index contributed by atoms with van der Waals surface area (Å²) >= 11 is 1.72. The molecule has 126 valence electrons. The maximum atomic E-state index is 12.3. The lowest BCUT2D eigenvalue weighted by atomic mass is 9.88. The van der Waals surface area contributed by atoms with Crippen molar-refractivity contribution in [3.05, 3.63) is 59.7 Å². The molecular formula is C19H21NO3S. The molecule has 0 fully saturated rings. The second kappa shape index (κ2) is 8.11. The van der Waals surface area contributed by atoms with E-state index in [4.69, 9.17) is 9.47 Å². The van der Waals surface area contributed by atoms with Gasteiger partial charge in [0.15, 0.2) is 11.5 Å². The minimum atomic E-state index is -0.00465. The summed E-state index contributed by atoms with van der Waals surface area (Å²) in [4.78, 5) is 12.3. The maximum Gasteiger partial charge on any atom is 0.231 e. The monoisotopic (exact) mass is 343 g/mol. The fraction of sp³-hybridized carbons (Fsp3) is 0.316. The first-order chi connectivity index (χ1) is 11.8. The Bertz CT molecular complexity index is 690. The van der Waals surface area contributed by atoms with Gasteiger partial charge in [-0.3, -0.25) is 4.79 Å². The molecule has 0 saturated heterocycles. The number of hydrogen-bond acceptors (Lipinski definition) is 4. The summed E-state index contributed by atoms with van der Waals surface area (Å²) in [7, 11) is 0. The fourth-order valence-corrected chi connectivity index (χ4v) is 3.10. The van der Waals surface area contributed by atoms with Crippen LogP contribution in [0.4, 0.5) is 0 Å². The van der Waals surface area contributed by atoms with E-state index in [1.165, 1.54) is 0 Å². The van der Waals surface area contributed by atoms with E-state index in [0.717, 1.165) is 28.4 Å². The van der Waals surface area contributed by atoms with Crippen LogP contribution in [0.1, 0.15) is 23.5 Å². The van der Waals surface area contributed by atoms with Gasteiger partial charge in [-0.15, -0.1) is 0 Å². The highest BCUT2D eigenvalue weighted by atomic mass is 32.2. The van der Waals surface area contributed by atoms with Gasteiger partial charge in [0, 0.05) is 24.6 Å². The molecule has 2 aromatic rings. The van der Waals surface area contributed by atoms with Crippen molar-refractivity contribution >= 4 is 17.7 Å². The van der Waals surface area contributed by atoms with Crippen LogP contribution in [0.5, 0.6) is 11.5 Å². The predicted octanol–water partition coefficient (Wildman–Crippen LogP) is 3.42. The maximum absolute atomic E-state index is 12.3. The summed E-state index contributed by atoms with van der Waals surface area (Å²) in [5.41, 5.74) is 2.18. The molecule has 0 saturated carbocycles. The third kappa shape index (κ3) is 4.03. The van der Waals surface area contributed by atoms with E-state index in [1.54, 1.807) is 11.8 Å². The van der Waals surface area contributed by atoms with E-state index in [0.29, 0.717) is 13.0 Å². The van der Waals surface area contributed by atoms with Crippen molar-refractivity contribution in [2.75, 3.05) is 25.3 Å². The van der Waals surface area contributed by atoms with Crippen LogP contribution < -0.4 is 14.8 Å². The number of thioether (sulfide) groups is 1. The molecule has 4 nitrogen and oxygen atoms in total. The van der Waals surface area contributed by atoms with Crippen LogP contribution in [0.25, 0.3) is 0 Å². The topological polar surface area (TPSA) is 47.6 Å². The molecule has 1 aliphatic heterocycles. The largest absolute Gasteiger partial charge is 0.454 e. The van der Waals surface area contributed by atoms with Gasteiger partial charge in [0.05, 0.1) is 0 Å². The second-order valence-electron chi connectivity index (χ2n) is 5.62. The summed E-state index contributed by atoms with van der Waals surface area (Å²) in [6.45, 7) is 0.951. The third-order valence-electron chi connectivity index (χ3n) is 4.02. The first-order valence-corrected chi connectivity index (χ1v) is 9.37. The smallest absolute Gasteiger partial charge is 0.231 e. The van der Waals surface area contributed by atoms with E-state index in [-0.39, 0.29) is 18.6 Å². The van der Waals surface area contributed by atoms with Gasteiger partial charge in [-0.1, -0.05) is 36.4 Å². The zero-order valence-electron chi connectivity index (χ0n) is 13.7. The molecule has 0 radical (unpaired) electrons. The minimum Gasteiger partial charge on any atom is -0.454 e. The van der Waals surface area contributed by atoms with E-state index in [2.05, 4.69) is 17.4 Å². The van der Waals surface area contributed by atoms with E-state index < -0.39 is 0 Å². The Morgan fingerprint density at radius 2 is 1.92 bits per heavy atom. The Balaban J connectivity index is 1.81. The molecule has 0 aromatic heterocycles. The number of carbonyl (C=O) groups is 1. The van der Waals surface area contributed by atoms with Crippen molar-refractivity contribution in [2.45, 2.75) is 12.3 Å². The number of rotatable bonds is 7. The normalized spacial score (nSPS) is 13.5. The Labute approximate surface area is 146 Å². The second-order valence-corrected chi connectivity index (χ2v) is 6.61. The molecule has 1 unspecified atom stereocenters. The van der Waals surface area contributed by atoms with Gasteiger partial charge < -0.3 is 14.8 Å². The van der Waals surface area contributed by atoms with E-state index in [1.807, 2.05) is 42.7 Å². The first kappa shape index (κ1) is 16.7. The summed E-state index contributed by atoms with van der Waals surface area (Å²) in [5, 5.41) is 2.99. The van der Waals surface area contributed by atoms with Gasteiger partial charge >= 0.3 is 0 Å². The Morgan fingerprint density at radius 1 is 1.12 bits per heavy atom. The number of nitrogens with one attached hydrogen (secondary N) is 1. The molecule has 1 N–H and O–H groups in total. The van der Waals surface area contributed by atoms with Crippen molar-refractivity contribution in [1.82, 2.24) is 5.32 Å². The molecule has 0 bridgehead atoms. The minimum absolute atomic E-state index is 0.00465. The molecule has 2 aromatic carbocycles. The molecule has 1 amide bonds. The van der Waals surface area contributed by atoms with Gasteiger partial charge in [-0.05, 0) is 29.5 Å². The van der Waals surface area contributed by atoms with Crippen LogP contribution >= 0.6 is 11.8 Å². The van der Waals surface area contributed by atoms with Crippen molar-refractivity contribution in [3.8, 4) is 11.5 Å². The van der Waals surface area contributed by atoms with E-state index >= 15 is 0 Å². The van der Waals surface area contributed by atoms with Crippen molar-refractivity contribution in [3.63, 3.8) is 0 Å². The molecular weight excluding hydrogens is 322 g/mol. The lowest BCUT2D eigenvalue weighted by Crippen LogP contribution is -2.27. The Kier molecular flexibility index (Phi) is 5.64. The molecule has 1 heterocycles. The third-order valence-corrected chi connectivity index (χ3v) is 4.63. The van der Waals surface area contributed by atoms with Gasteiger partial charge in [-0.25, -0.2) is 0 Å². The summed E-state index contributed by atoms with van der Waals surface area (Å²) in [5.74, 6) is 2.49. The van der Waals surface area contributed by atoms with Crippen LogP contribution in [0.15, 0.2) is 48.5 Å². The SMILES string of the molecule is CSCCNC(=O)CC(c1ccccc1)c1ccc2c(c1)OCO2. The molecule has 0 spiro atoms. The van der Waals surface area contributed by atoms with Gasteiger partial charge in [0.2, 0.25) is 12.7 Å². The van der Waals surface area contributed by atoms with Crippen molar-refractivity contribution in [1.29, 1.82) is 0 Å². The first-order valence-electron chi connectivity index (χ1n) is 7.98. The van der Waals surface area contributed by atoms with Crippen LogP contribution in [-0.2, 0) is 4.79 Å². The number of amides is 1. The predicted molar refractivity (Wildman–Crippen MR) is 96.9 cm³/mol. The van der Waals surface area contributed by atoms with Gasteiger partial charge in [0.25, 0.3) is 0 Å². The molecule has 1 atom stereocenters. The number of hydrogen-bond donors (Lipinski definition) is 1. The average molecular weight is 343 g/mol. The zero-order valence-corrected chi connectivity index (χ0v) is 14.5. The zero-order chi connectivity index (χ0) is 16.8. The van der Waals surface area contributed by atoms with Gasteiger partial charge in [0.1, 0.15) is 0 Å². The molecule has 1 aliphatic rings. The fourth-order valence-electron chi connectivity index (χ4n) is 2.79. The van der Waals surface area contributed by atoms with Crippen LogP contribution in [0.3, 0.4) is 0 Å². The van der Waals surface area contributed by atoms with Crippen molar-refractivity contribution < 1.29 is 14.3 Å². The van der Waals surface area contributed by atoms with Crippen LogP contribution in [-0.4, -0.2) is 31.3 Å². The van der Waals surface area contributed by atoms with E-state index in [9.17, 15) is 4.79 Å². The van der Waals surface area contributed by atoms with Gasteiger partial charge in [-0.2, -0.15) is 11.8 Å².